The molecule has 1 heterocycles. The number of rotatable bonds is 5. The highest BCUT2D eigenvalue weighted by molar-refractivity contribution is 6.33. The number of aromatic nitrogens is 1. The van der Waals surface area contributed by atoms with E-state index >= 15 is 0 Å². The van der Waals surface area contributed by atoms with E-state index in [2.05, 4.69) is 4.98 Å². The van der Waals surface area contributed by atoms with Crippen LogP contribution in [0.25, 0.3) is 0 Å². The molecule has 1 rings (SSSR count). The Bertz CT molecular complexity index is 422. The molecule has 0 radical (unpaired) electrons. The van der Waals surface area contributed by atoms with Crippen molar-refractivity contribution in [3.05, 3.63) is 22.8 Å². The zero-order chi connectivity index (χ0) is 14.6. The van der Waals surface area contributed by atoms with Gasteiger partial charge in [0.2, 0.25) is 0 Å². The van der Waals surface area contributed by atoms with Crippen molar-refractivity contribution in [2.45, 2.75) is 32.5 Å². The van der Waals surface area contributed by atoms with Crippen LogP contribution in [0.4, 0.5) is 19.0 Å². The molecule has 1 aromatic heterocycles. The van der Waals surface area contributed by atoms with E-state index in [0.29, 0.717) is 24.7 Å². The lowest BCUT2D eigenvalue weighted by atomic mass is 10.2. The van der Waals surface area contributed by atoms with Crippen molar-refractivity contribution < 1.29 is 13.2 Å². The summed E-state index contributed by atoms with van der Waals surface area (Å²) in [4.78, 5) is 5.69. The first-order chi connectivity index (χ1) is 8.77. The monoisotopic (exact) mass is 314 g/mol. The molecule has 0 spiro atoms. The summed E-state index contributed by atoms with van der Waals surface area (Å²) in [6, 6.07) is 0.977. The molecule has 0 saturated carbocycles. The van der Waals surface area contributed by atoms with Gasteiger partial charge >= 0.3 is 6.18 Å². The molecule has 0 saturated heterocycles. The summed E-state index contributed by atoms with van der Waals surface area (Å²) in [5, 5.41) is -0.00176. The topological polar surface area (TPSA) is 16.1 Å². The minimum Gasteiger partial charge on any atom is -0.353 e. The first kappa shape index (κ1) is 16.4. The standard InChI is InChI=1S/C12H15Cl2F3N2/c1-8(2)19(5-3-4-13)11-10(14)6-9(7-18-11)12(15,16)17/h6-8H,3-5H2,1-2H3. The average molecular weight is 315 g/mol. The Morgan fingerprint density at radius 1 is 1.37 bits per heavy atom. The molecule has 2 nitrogen and oxygen atoms in total. The Balaban J connectivity index is 3.05. The minimum atomic E-state index is -4.44. The number of alkyl halides is 4. The molecule has 0 N–H and O–H groups in total. The highest BCUT2D eigenvalue weighted by Crippen LogP contribution is 2.34. The van der Waals surface area contributed by atoms with Gasteiger partial charge in [0.1, 0.15) is 5.82 Å². The van der Waals surface area contributed by atoms with Crippen LogP contribution in [0.5, 0.6) is 0 Å². The predicted octanol–water partition coefficient (Wildman–Crippen LogP) is 4.60. The van der Waals surface area contributed by atoms with E-state index < -0.39 is 11.7 Å². The van der Waals surface area contributed by atoms with Crippen molar-refractivity contribution >= 4 is 29.0 Å². The fourth-order valence-electron chi connectivity index (χ4n) is 1.64. The largest absolute Gasteiger partial charge is 0.417 e. The average Bonchev–Trinajstić information content (AvgIpc) is 2.29. The second-order valence-corrected chi connectivity index (χ2v) is 5.14. The summed E-state index contributed by atoms with van der Waals surface area (Å²) in [5.41, 5.74) is -0.845. The van der Waals surface area contributed by atoms with E-state index in [9.17, 15) is 13.2 Å². The molecule has 0 unspecified atom stereocenters. The van der Waals surface area contributed by atoms with Crippen LogP contribution in [0.3, 0.4) is 0 Å². The lowest BCUT2D eigenvalue weighted by Gasteiger charge is -2.28. The van der Waals surface area contributed by atoms with Crippen LogP contribution in [0, 0.1) is 0 Å². The number of pyridine rings is 1. The highest BCUT2D eigenvalue weighted by Gasteiger charge is 2.32. The van der Waals surface area contributed by atoms with E-state index in [1.807, 2.05) is 18.7 Å². The van der Waals surface area contributed by atoms with Gasteiger partial charge in [-0.25, -0.2) is 4.98 Å². The van der Waals surface area contributed by atoms with Gasteiger partial charge in [-0.2, -0.15) is 13.2 Å². The maximum atomic E-state index is 12.5. The maximum absolute atomic E-state index is 12.5. The summed E-state index contributed by atoms with van der Waals surface area (Å²) in [5.74, 6) is 0.830. The van der Waals surface area contributed by atoms with Crippen molar-refractivity contribution in [1.29, 1.82) is 0 Å². The molecule has 0 bridgehead atoms. The van der Waals surface area contributed by atoms with Gasteiger partial charge in [0.25, 0.3) is 0 Å². The molecule has 0 aliphatic heterocycles. The molecule has 108 valence electrons. The molecular formula is C12H15Cl2F3N2. The number of halogens is 5. The fourth-order valence-corrected chi connectivity index (χ4v) is 2.03. The third kappa shape index (κ3) is 4.42. The summed E-state index contributed by atoms with van der Waals surface area (Å²) in [6.07, 6.45) is -2.93. The number of hydrogen-bond acceptors (Lipinski definition) is 2. The van der Waals surface area contributed by atoms with Gasteiger partial charge in [-0.05, 0) is 26.3 Å². The summed E-state index contributed by atoms with van der Waals surface area (Å²) < 4.78 is 37.6. The molecule has 1 aromatic rings. The zero-order valence-corrected chi connectivity index (χ0v) is 12.1. The normalized spacial score (nSPS) is 12.0. The molecular weight excluding hydrogens is 300 g/mol. The Labute approximate surface area is 120 Å². The van der Waals surface area contributed by atoms with Gasteiger partial charge in [0.05, 0.1) is 10.6 Å². The molecule has 7 heteroatoms. The second-order valence-electron chi connectivity index (χ2n) is 4.36. The van der Waals surface area contributed by atoms with E-state index in [-0.39, 0.29) is 11.1 Å². The summed E-state index contributed by atoms with van der Waals surface area (Å²) >= 11 is 11.5. The molecule has 0 amide bonds. The van der Waals surface area contributed by atoms with Gasteiger partial charge in [-0.15, -0.1) is 11.6 Å². The summed E-state index contributed by atoms with van der Waals surface area (Å²) in [7, 11) is 0. The lowest BCUT2D eigenvalue weighted by molar-refractivity contribution is -0.137. The third-order valence-corrected chi connectivity index (χ3v) is 3.12. The molecule has 19 heavy (non-hydrogen) atoms. The molecule has 0 aliphatic carbocycles. The third-order valence-electron chi connectivity index (χ3n) is 2.58. The first-order valence-electron chi connectivity index (χ1n) is 5.82. The van der Waals surface area contributed by atoms with E-state index in [4.69, 9.17) is 23.2 Å². The molecule has 0 aliphatic rings. The fraction of sp³-hybridized carbons (Fsp3) is 0.583. The Kier molecular flexibility index (Phi) is 5.74. The molecule has 0 fully saturated rings. The van der Waals surface area contributed by atoms with Crippen molar-refractivity contribution in [3.63, 3.8) is 0 Å². The maximum Gasteiger partial charge on any atom is 0.417 e. The van der Waals surface area contributed by atoms with Crippen molar-refractivity contribution in [2.24, 2.45) is 0 Å². The smallest absolute Gasteiger partial charge is 0.353 e. The van der Waals surface area contributed by atoms with Gasteiger partial charge < -0.3 is 4.90 Å². The molecule has 0 atom stereocenters. The van der Waals surface area contributed by atoms with E-state index in [0.717, 1.165) is 12.3 Å². The van der Waals surface area contributed by atoms with Crippen LogP contribution in [0.15, 0.2) is 12.3 Å². The predicted molar refractivity (Wildman–Crippen MR) is 72.1 cm³/mol. The Morgan fingerprint density at radius 3 is 2.42 bits per heavy atom. The second kappa shape index (κ2) is 6.66. The lowest BCUT2D eigenvalue weighted by Crippen LogP contribution is -2.33. The highest BCUT2D eigenvalue weighted by atomic mass is 35.5. The minimum absolute atomic E-state index is 0.00176. The van der Waals surface area contributed by atoms with Crippen LogP contribution in [-0.4, -0.2) is 23.5 Å². The Morgan fingerprint density at radius 2 is 2.00 bits per heavy atom. The van der Waals surface area contributed by atoms with Crippen LogP contribution >= 0.6 is 23.2 Å². The van der Waals surface area contributed by atoms with Gasteiger partial charge in [0, 0.05) is 24.7 Å². The summed E-state index contributed by atoms with van der Waals surface area (Å²) in [6.45, 7) is 4.44. The first-order valence-corrected chi connectivity index (χ1v) is 6.74. The number of hydrogen-bond donors (Lipinski definition) is 0. The SMILES string of the molecule is CC(C)N(CCCCl)c1ncc(C(F)(F)F)cc1Cl. The van der Waals surface area contributed by atoms with E-state index in [1.165, 1.54) is 0 Å². The van der Waals surface area contributed by atoms with Gasteiger partial charge in [-0.1, -0.05) is 11.6 Å². The van der Waals surface area contributed by atoms with Gasteiger partial charge in [0.15, 0.2) is 0 Å². The van der Waals surface area contributed by atoms with Gasteiger partial charge in [-0.3, -0.25) is 0 Å². The van der Waals surface area contributed by atoms with Crippen LogP contribution < -0.4 is 4.90 Å². The van der Waals surface area contributed by atoms with Crippen LogP contribution in [-0.2, 0) is 6.18 Å². The quantitative estimate of drug-likeness (QED) is 0.738. The van der Waals surface area contributed by atoms with Crippen LogP contribution in [0.2, 0.25) is 5.02 Å². The van der Waals surface area contributed by atoms with Crippen molar-refractivity contribution in [3.8, 4) is 0 Å². The zero-order valence-electron chi connectivity index (χ0n) is 10.6. The van der Waals surface area contributed by atoms with Crippen LogP contribution in [0.1, 0.15) is 25.8 Å². The van der Waals surface area contributed by atoms with E-state index in [1.54, 1.807) is 0 Å². The number of nitrogens with zero attached hydrogens (tertiary/aromatic N) is 2. The molecule has 0 aromatic carbocycles. The van der Waals surface area contributed by atoms with Crippen molar-refractivity contribution in [1.82, 2.24) is 4.98 Å². The van der Waals surface area contributed by atoms with Crippen molar-refractivity contribution in [2.75, 3.05) is 17.3 Å². The number of anilines is 1. The Hall–Kier alpha value is -0.680.